The van der Waals surface area contributed by atoms with Gasteiger partial charge in [-0.2, -0.15) is 0 Å². The Morgan fingerprint density at radius 2 is 2.00 bits per heavy atom. The second-order valence-corrected chi connectivity index (χ2v) is 4.56. The van der Waals surface area contributed by atoms with E-state index >= 15 is 0 Å². The van der Waals surface area contributed by atoms with Crippen LogP contribution in [0.1, 0.15) is 25.1 Å². The highest BCUT2D eigenvalue weighted by Crippen LogP contribution is 2.27. The molecule has 0 unspecified atom stereocenters. The molecule has 0 aliphatic heterocycles. The summed E-state index contributed by atoms with van der Waals surface area (Å²) in [6.45, 7) is 5.51. The normalized spacial score (nSPS) is 12.3. The second kappa shape index (κ2) is 3.07. The van der Waals surface area contributed by atoms with Crippen molar-refractivity contribution in [1.82, 2.24) is 4.98 Å². The summed E-state index contributed by atoms with van der Waals surface area (Å²) in [5.41, 5.74) is 7.58. The third-order valence-corrected chi connectivity index (χ3v) is 2.57. The minimum Gasteiger partial charge on any atom is -0.359 e. The summed E-state index contributed by atoms with van der Waals surface area (Å²) in [6, 6.07) is 5.42. The molecule has 0 saturated heterocycles. The number of nitrogens with one attached hydrogen (secondary N) is 1. The number of hydrogen-bond donors (Lipinski definition) is 2. The van der Waals surface area contributed by atoms with E-state index in [0.29, 0.717) is 10.9 Å². The van der Waals surface area contributed by atoms with Crippen LogP contribution in [0.5, 0.6) is 0 Å². The quantitative estimate of drug-likeness (QED) is 0.740. The highest BCUT2D eigenvalue weighted by atomic mass is 19.1. The molecule has 80 valence electrons. The van der Waals surface area contributed by atoms with Crippen LogP contribution in [-0.2, 0) is 5.54 Å². The van der Waals surface area contributed by atoms with Gasteiger partial charge in [-0.1, -0.05) is 6.07 Å². The van der Waals surface area contributed by atoms with Crippen molar-refractivity contribution in [3.05, 3.63) is 35.3 Å². The lowest BCUT2D eigenvalue weighted by Gasteiger charge is -2.20. The molecule has 0 spiro atoms. The van der Waals surface area contributed by atoms with Crippen molar-refractivity contribution in [2.24, 2.45) is 5.73 Å². The minimum absolute atomic E-state index is 0.218. The Labute approximate surface area is 88.3 Å². The molecule has 15 heavy (non-hydrogen) atoms. The Kier molecular flexibility index (Phi) is 2.08. The first kappa shape index (κ1) is 10.2. The van der Waals surface area contributed by atoms with Gasteiger partial charge in [0.15, 0.2) is 0 Å². The summed E-state index contributed by atoms with van der Waals surface area (Å²) in [4.78, 5) is 3.10. The number of aryl methyl sites for hydroxylation is 1. The zero-order valence-corrected chi connectivity index (χ0v) is 9.19. The number of halogens is 1. The molecule has 2 rings (SSSR count). The lowest BCUT2D eigenvalue weighted by atomic mass is 9.94. The van der Waals surface area contributed by atoms with Gasteiger partial charge in [0, 0.05) is 27.7 Å². The fourth-order valence-electron chi connectivity index (χ4n) is 1.81. The van der Waals surface area contributed by atoms with E-state index in [-0.39, 0.29) is 5.82 Å². The average molecular weight is 206 g/mol. The summed E-state index contributed by atoms with van der Waals surface area (Å²) < 4.78 is 14.1. The maximum Gasteiger partial charge on any atom is 0.137 e. The van der Waals surface area contributed by atoms with Crippen LogP contribution in [0, 0.1) is 12.7 Å². The van der Waals surface area contributed by atoms with Crippen LogP contribution in [0.4, 0.5) is 4.39 Å². The van der Waals surface area contributed by atoms with E-state index in [0.717, 1.165) is 11.2 Å². The molecular formula is C12H15FN2. The Morgan fingerprint density at radius 1 is 1.33 bits per heavy atom. The second-order valence-electron chi connectivity index (χ2n) is 4.56. The van der Waals surface area contributed by atoms with Crippen LogP contribution < -0.4 is 5.73 Å². The maximum atomic E-state index is 14.1. The van der Waals surface area contributed by atoms with E-state index in [2.05, 4.69) is 4.98 Å². The Hall–Kier alpha value is -1.35. The molecule has 3 N–H and O–H groups in total. The number of nitrogens with two attached hydrogens (primary N) is 1. The van der Waals surface area contributed by atoms with E-state index in [9.17, 15) is 4.39 Å². The molecule has 0 amide bonds. The van der Waals surface area contributed by atoms with E-state index in [4.69, 9.17) is 5.73 Å². The predicted molar refractivity (Wildman–Crippen MR) is 60.2 cm³/mol. The van der Waals surface area contributed by atoms with Gasteiger partial charge in [-0.15, -0.1) is 0 Å². The maximum absolute atomic E-state index is 14.1. The van der Waals surface area contributed by atoms with Crippen LogP contribution in [0.3, 0.4) is 0 Å². The molecule has 0 saturated carbocycles. The summed E-state index contributed by atoms with van der Waals surface area (Å²) in [5.74, 6) is -0.218. The topological polar surface area (TPSA) is 41.8 Å². The van der Waals surface area contributed by atoms with Gasteiger partial charge in [-0.05, 0) is 32.9 Å². The minimum atomic E-state index is -0.649. The van der Waals surface area contributed by atoms with E-state index in [1.165, 1.54) is 0 Å². The lowest BCUT2D eigenvalue weighted by Crippen LogP contribution is -2.29. The fraction of sp³-hybridized carbons (Fsp3) is 0.333. The first-order valence-electron chi connectivity index (χ1n) is 4.97. The van der Waals surface area contributed by atoms with Gasteiger partial charge in [-0.3, -0.25) is 0 Å². The highest BCUT2D eigenvalue weighted by Gasteiger charge is 2.20. The van der Waals surface area contributed by atoms with Gasteiger partial charge in [0.05, 0.1) is 0 Å². The molecule has 2 nitrogen and oxygen atoms in total. The predicted octanol–water partition coefficient (Wildman–Crippen LogP) is 2.81. The van der Waals surface area contributed by atoms with Gasteiger partial charge < -0.3 is 10.7 Å². The van der Waals surface area contributed by atoms with Crippen molar-refractivity contribution in [2.45, 2.75) is 26.3 Å². The van der Waals surface area contributed by atoms with Crippen molar-refractivity contribution in [2.75, 3.05) is 0 Å². The van der Waals surface area contributed by atoms with Crippen LogP contribution >= 0.6 is 0 Å². The van der Waals surface area contributed by atoms with Crippen molar-refractivity contribution in [1.29, 1.82) is 0 Å². The third-order valence-electron chi connectivity index (χ3n) is 2.57. The molecule has 0 atom stereocenters. The molecule has 0 bridgehead atoms. The molecule has 2 aromatic rings. The Bertz CT molecular complexity index is 506. The third kappa shape index (κ3) is 1.63. The van der Waals surface area contributed by atoms with Crippen molar-refractivity contribution in [3.8, 4) is 0 Å². The average Bonchev–Trinajstić information content (AvgIpc) is 2.44. The Morgan fingerprint density at radius 3 is 2.60 bits per heavy atom. The highest BCUT2D eigenvalue weighted by molar-refractivity contribution is 5.82. The van der Waals surface area contributed by atoms with Crippen LogP contribution in [0.25, 0.3) is 10.9 Å². The number of aromatic nitrogens is 1. The van der Waals surface area contributed by atoms with Crippen molar-refractivity contribution < 1.29 is 4.39 Å². The molecule has 1 aromatic heterocycles. The number of H-pyrrole nitrogens is 1. The van der Waals surface area contributed by atoms with Gasteiger partial charge in [0.25, 0.3) is 0 Å². The van der Waals surface area contributed by atoms with E-state index in [1.54, 1.807) is 26.0 Å². The molecule has 0 aliphatic carbocycles. The zero-order chi connectivity index (χ0) is 11.2. The number of hydrogen-bond acceptors (Lipinski definition) is 1. The van der Waals surface area contributed by atoms with E-state index in [1.807, 2.05) is 13.0 Å². The zero-order valence-electron chi connectivity index (χ0n) is 9.19. The number of benzene rings is 1. The van der Waals surface area contributed by atoms with E-state index < -0.39 is 5.54 Å². The Balaban J connectivity index is 2.75. The number of aromatic amines is 1. The van der Waals surface area contributed by atoms with Gasteiger partial charge >= 0.3 is 0 Å². The molecule has 0 radical (unpaired) electrons. The number of fused-ring (bicyclic) bond motifs is 1. The van der Waals surface area contributed by atoms with Crippen LogP contribution in [0.15, 0.2) is 18.2 Å². The SMILES string of the molecule is Cc1cc2c(F)c(C(C)(C)N)ccc2[nH]1. The standard InChI is InChI=1S/C12H15FN2/c1-7-6-8-10(15-7)5-4-9(11(8)13)12(2,3)14/h4-6,15H,14H2,1-3H3. The van der Waals surface area contributed by atoms with Crippen molar-refractivity contribution >= 4 is 10.9 Å². The van der Waals surface area contributed by atoms with Gasteiger partial charge in [0.1, 0.15) is 5.82 Å². The van der Waals surface area contributed by atoms with Crippen LogP contribution in [0.2, 0.25) is 0 Å². The molecule has 3 heteroatoms. The molecular weight excluding hydrogens is 191 g/mol. The first-order chi connectivity index (χ1) is 6.89. The largest absolute Gasteiger partial charge is 0.359 e. The van der Waals surface area contributed by atoms with Gasteiger partial charge in [0.2, 0.25) is 0 Å². The molecule has 0 fully saturated rings. The summed E-state index contributed by atoms with van der Waals surface area (Å²) in [7, 11) is 0. The molecule has 1 aromatic carbocycles. The monoisotopic (exact) mass is 206 g/mol. The fourth-order valence-corrected chi connectivity index (χ4v) is 1.81. The summed E-state index contributed by atoms with van der Waals surface area (Å²) in [5, 5.41) is 0.614. The first-order valence-corrected chi connectivity index (χ1v) is 4.97. The summed E-state index contributed by atoms with van der Waals surface area (Å²) >= 11 is 0. The summed E-state index contributed by atoms with van der Waals surface area (Å²) in [6.07, 6.45) is 0. The van der Waals surface area contributed by atoms with Gasteiger partial charge in [-0.25, -0.2) is 4.39 Å². The number of rotatable bonds is 1. The lowest BCUT2D eigenvalue weighted by molar-refractivity contribution is 0.506. The molecule has 1 heterocycles. The molecule has 0 aliphatic rings. The van der Waals surface area contributed by atoms with Crippen LogP contribution in [-0.4, -0.2) is 4.98 Å². The van der Waals surface area contributed by atoms with Crippen molar-refractivity contribution in [3.63, 3.8) is 0 Å². The smallest absolute Gasteiger partial charge is 0.137 e.